The SMILES string of the molecule is O=C1OC(N(CCN(Cc2ccccc2)C2OC(=O)c3ccccc32)Cc2ccccc2)c2ccccc21. The van der Waals surface area contributed by atoms with Crippen molar-refractivity contribution in [1.29, 1.82) is 0 Å². The van der Waals surface area contributed by atoms with Crippen molar-refractivity contribution < 1.29 is 19.1 Å². The lowest BCUT2D eigenvalue weighted by molar-refractivity contribution is -0.0523. The van der Waals surface area contributed by atoms with E-state index >= 15 is 0 Å². The number of hydrogen-bond donors (Lipinski definition) is 0. The van der Waals surface area contributed by atoms with Crippen molar-refractivity contribution in [2.45, 2.75) is 25.5 Å². The van der Waals surface area contributed by atoms with E-state index in [0.29, 0.717) is 37.3 Å². The van der Waals surface area contributed by atoms with E-state index in [-0.39, 0.29) is 11.9 Å². The van der Waals surface area contributed by atoms with Crippen molar-refractivity contribution in [2.24, 2.45) is 0 Å². The Kier molecular flexibility index (Phi) is 6.73. The van der Waals surface area contributed by atoms with Crippen LogP contribution in [0.25, 0.3) is 0 Å². The monoisotopic (exact) mass is 504 g/mol. The van der Waals surface area contributed by atoms with Crippen LogP contribution in [0.5, 0.6) is 0 Å². The lowest BCUT2D eigenvalue weighted by Gasteiger charge is -2.33. The number of fused-ring (bicyclic) bond motifs is 2. The maximum Gasteiger partial charge on any atom is 0.340 e. The van der Waals surface area contributed by atoms with Crippen molar-refractivity contribution in [2.75, 3.05) is 13.1 Å². The number of nitrogens with zero attached hydrogens (tertiary/aromatic N) is 2. The van der Waals surface area contributed by atoms with E-state index in [1.807, 2.05) is 84.9 Å². The molecule has 6 rings (SSSR count). The minimum atomic E-state index is -0.490. The number of esters is 2. The maximum atomic E-state index is 12.7. The van der Waals surface area contributed by atoms with Crippen LogP contribution < -0.4 is 0 Å². The largest absolute Gasteiger partial charge is 0.438 e. The van der Waals surface area contributed by atoms with Crippen LogP contribution in [0.2, 0.25) is 0 Å². The summed E-state index contributed by atoms with van der Waals surface area (Å²) in [7, 11) is 0. The van der Waals surface area contributed by atoms with E-state index in [4.69, 9.17) is 9.47 Å². The van der Waals surface area contributed by atoms with Crippen molar-refractivity contribution in [3.63, 3.8) is 0 Å². The molecule has 4 aromatic rings. The second kappa shape index (κ2) is 10.6. The van der Waals surface area contributed by atoms with Crippen molar-refractivity contribution in [3.05, 3.63) is 143 Å². The molecule has 6 nitrogen and oxygen atoms in total. The summed E-state index contributed by atoms with van der Waals surface area (Å²) in [6, 6.07) is 35.5. The standard InChI is InChI=1S/C32H28N2O4/c35-31-27-17-9-7-15-25(27)29(37-31)33(21-23-11-3-1-4-12-23)19-20-34(22-24-13-5-2-6-14-24)30-26-16-8-10-18-28(26)32(36)38-30/h1-18,29-30H,19-22H2. The molecular weight excluding hydrogens is 476 g/mol. The molecular formula is C32H28N2O4. The first-order chi connectivity index (χ1) is 18.7. The molecule has 0 saturated heterocycles. The minimum Gasteiger partial charge on any atom is -0.438 e. The lowest BCUT2D eigenvalue weighted by atomic mass is 10.1. The smallest absolute Gasteiger partial charge is 0.340 e. The maximum absolute atomic E-state index is 12.7. The predicted molar refractivity (Wildman–Crippen MR) is 143 cm³/mol. The Bertz CT molecular complexity index is 1330. The number of rotatable bonds is 9. The Morgan fingerprint density at radius 1 is 0.500 bits per heavy atom. The molecule has 0 amide bonds. The van der Waals surface area contributed by atoms with Crippen molar-refractivity contribution in [3.8, 4) is 0 Å². The van der Waals surface area contributed by atoms with Gasteiger partial charge < -0.3 is 9.47 Å². The summed E-state index contributed by atoms with van der Waals surface area (Å²) in [4.78, 5) is 29.7. The molecule has 2 aliphatic rings. The van der Waals surface area contributed by atoms with Crippen molar-refractivity contribution >= 4 is 11.9 Å². The molecule has 6 heteroatoms. The molecule has 38 heavy (non-hydrogen) atoms. The van der Waals surface area contributed by atoms with E-state index in [9.17, 15) is 9.59 Å². The van der Waals surface area contributed by atoms with Gasteiger partial charge in [-0.05, 0) is 23.3 Å². The summed E-state index contributed by atoms with van der Waals surface area (Å²) in [6.07, 6.45) is -0.980. The number of ether oxygens (including phenoxy) is 2. The van der Waals surface area contributed by atoms with Gasteiger partial charge in [0, 0.05) is 37.3 Å². The molecule has 0 N–H and O–H groups in total. The van der Waals surface area contributed by atoms with Crippen LogP contribution in [0.3, 0.4) is 0 Å². The van der Waals surface area contributed by atoms with Gasteiger partial charge in [-0.25, -0.2) is 9.59 Å². The fourth-order valence-electron chi connectivity index (χ4n) is 5.25. The molecule has 2 heterocycles. The highest BCUT2D eigenvalue weighted by Crippen LogP contribution is 2.36. The zero-order chi connectivity index (χ0) is 25.9. The highest BCUT2D eigenvalue weighted by molar-refractivity contribution is 5.94. The fraction of sp³-hybridized carbons (Fsp3) is 0.188. The number of cyclic esters (lactones) is 2. The summed E-state index contributed by atoms with van der Waals surface area (Å²) in [5, 5.41) is 0. The molecule has 0 radical (unpaired) electrons. The highest BCUT2D eigenvalue weighted by Gasteiger charge is 2.38. The topological polar surface area (TPSA) is 59.1 Å². The second-order valence-electron chi connectivity index (χ2n) is 9.60. The Hall–Kier alpha value is -4.26. The van der Waals surface area contributed by atoms with Gasteiger partial charge in [-0.2, -0.15) is 0 Å². The molecule has 2 unspecified atom stereocenters. The minimum absolute atomic E-state index is 0.302. The van der Waals surface area contributed by atoms with E-state index < -0.39 is 12.5 Å². The molecule has 4 aromatic carbocycles. The Balaban J connectivity index is 1.30. The molecule has 0 aromatic heterocycles. The summed E-state index contributed by atoms with van der Waals surface area (Å²) in [5.41, 5.74) is 5.22. The van der Waals surface area contributed by atoms with Crippen LogP contribution in [0.4, 0.5) is 0 Å². The zero-order valence-electron chi connectivity index (χ0n) is 20.9. The average Bonchev–Trinajstić information content (AvgIpc) is 3.48. The molecule has 190 valence electrons. The van der Waals surface area contributed by atoms with Gasteiger partial charge in [-0.1, -0.05) is 97.1 Å². The summed E-state index contributed by atoms with van der Waals surface area (Å²) in [5.74, 6) is -0.605. The Labute approximate surface area is 222 Å². The third kappa shape index (κ3) is 4.84. The van der Waals surface area contributed by atoms with Gasteiger partial charge in [0.25, 0.3) is 0 Å². The normalized spacial score (nSPS) is 17.8. The van der Waals surface area contributed by atoms with Gasteiger partial charge >= 0.3 is 11.9 Å². The molecule has 0 aliphatic carbocycles. The third-order valence-electron chi connectivity index (χ3n) is 7.13. The molecule has 2 aliphatic heterocycles. The van der Waals surface area contributed by atoms with Crippen molar-refractivity contribution in [1.82, 2.24) is 9.80 Å². The molecule has 0 saturated carbocycles. The van der Waals surface area contributed by atoms with Gasteiger partial charge in [0.1, 0.15) is 0 Å². The third-order valence-corrected chi connectivity index (χ3v) is 7.13. The zero-order valence-corrected chi connectivity index (χ0v) is 20.9. The predicted octanol–water partition coefficient (Wildman–Crippen LogP) is 5.73. The Morgan fingerprint density at radius 2 is 0.868 bits per heavy atom. The fourth-order valence-corrected chi connectivity index (χ4v) is 5.25. The van der Waals surface area contributed by atoms with Crippen LogP contribution >= 0.6 is 0 Å². The quantitative estimate of drug-likeness (QED) is 0.272. The van der Waals surface area contributed by atoms with E-state index in [1.54, 1.807) is 0 Å². The average molecular weight is 505 g/mol. The Morgan fingerprint density at radius 3 is 1.29 bits per heavy atom. The van der Waals surface area contributed by atoms with Gasteiger partial charge in [0.2, 0.25) is 0 Å². The number of carbonyl (C=O) groups is 2. The van der Waals surface area contributed by atoms with E-state index in [0.717, 1.165) is 22.3 Å². The lowest BCUT2D eigenvalue weighted by Crippen LogP contribution is -2.38. The van der Waals surface area contributed by atoms with Crippen LogP contribution in [0.1, 0.15) is 55.4 Å². The van der Waals surface area contributed by atoms with Gasteiger partial charge in [-0.3, -0.25) is 9.80 Å². The molecule has 0 bridgehead atoms. The van der Waals surface area contributed by atoms with E-state index in [2.05, 4.69) is 34.1 Å². The van der Waals surface area contributed by atoms with E-state index in [1.165, 1.54) is 0 Å². The summed E-state index contributed by atoms with van der Waals surface area (Å²) >= 11 is 0. The van der Waals surface area contributed by atoms with Crippen LogP contribution in [-0.2, 0) is 22.6 Å². The second-order valence-corrected chi connectivity index (χ2v) is 9.60. The molecule has 0 spiro atoms. The molecule has 2 atom stereocenters. The number of carbonyl (C=O) groups excluding carboxylic acids is 2. The van der Waals surface area contributed by atoms with Crippen LogP contribution in [-0.4, -0.2) is 34.8 Å². The van der Waals surface area contributed by atoms with Gasteiger partial charge in [0.15, 0.2) is 12.5 Å². The first kappa shape index (κ1) is 24.1. The first-order valence-corrected chi connectivity index (χ1v) is 12.8. The highest BCUT2D eigenvalue weighted by atomic mass is 16.6. The van der Waals surface area contributed by atoms with Gasteiger partial charge in [0.05, 0.1) is 11.1 Å². The van der Waals surface area contributed by atoms with Gasteiger partial charge in [-0.15, -0.1) is 0 Å². The summed E-state index contributed by atoms with van der Waals surface area (Å²) < 4.78 is 11.8. The molecule has 0 fully saturated rings. The summed E-state index contributed by atoms with van der Waals surface area (Å²) in [6.45, 7) is 2.38. The number of hydrogen-bond acceptors (Lipinski definition) is 6. The number of benzene rings is 4. The van der Waals surface area contributed by atoms with Crippen LogP contribution in [0.15, 0.2) is 109 Å². The van der Waals surface area contributed by atoms with Crippen LogP contribution in [0, 0.1) is 0 Å². The first-order valence-electron chi connectivity index (χ1n) is 12.8.